The highest BCUT2D eigenvalue weighted by molar-refractivity contribution is 8.00. The van der Waals surface area contributed by atoms with E-state index >= 15 is 0 Å². The van der Waals surface area contributed by atoms with Crippen LogP contribution in [-0.2, 0) is 11.2 Å². The summed E-state index contributed by atoms with van der Waals surface area (Å²) in [6.45, 7) is 1.82. The van der Waals surface area contributed by atoms with Gasteiger partial charge in [-0.1, -0.05) is 42.1 Å². The number of benzene rings is 2. The number of aromatic nitrogens is 4. The molecule has 1 heterocycles. The van der Waals surface area contributed by atoms with Gasteiger partial charge in [0.15, 0.2) is 0 Å². The quantitative estimate of drug-likeness (QED) is 0.668. The summed E-state index contributed by atoms with van der Waals surface area (Å²) in [5.74, 6) is -0.439. The van der Waals surface area contributed by atoms with Crippen LogP contribution in [0.3, 0.4) is 0 Å². The van der Waals surface area contributed by atoms with Gasteiger partial charge in [0, 0.05) is 0 Å². The molecule has 144 valence electrons. The molecule has 0 spiro atoms. The van der Waals surface area contributed by atoms with Crippen LogP contribution >= 0.6 is 11.8 Å². The lowest BCUT2D eigenvalue weighted by atomic mass is 9.88. The summed E-state index contributed by atoms with van der Waals surface area (Å²) >= 11 is 1.25. The molecule has 1 aliphatic rings. The third kappa shape index (κ3) is 3.91. The third-order valence-corrected chi connectivity index (χ3v) is 5.86. The highest BCUT2D eigenvalue weighted by Gasteiger charge is 2.25. The molecular weight excluding hydrogens is 377 g/mol. The number of tetrazole rings is 1. The molecule has 1 aliphatic carbocycles. The van der Waals surface area contributed by atoms with E-state index < -0.39 is 5.25 Å². The zero-order valence-corrected chi connectivity index (χ0v) is 16.2. The molecule has 0 radical (unpaired) electrons. The Morgan fingerprint density at radius 2 is 2.14 bits per heavy atom. The maximum atomic E-state index is 13.5. The molecular formula is C20H20FN5OS. The van der Waals surface area contributed by atoms with Crippen molar-refractivity contribution >= 4 is 17.7 Å². The Morgan fingerprint density at radius 3 is 3.00 bits per heavy atom. The second-order valence-corrected chi connectivity index (χ2v) is 8.07. The van der Waals surface area contributed by atoms with Crippen molar-refractivity contribution in [2.75, 3.05) is 0 Å². The molecule has 0 aliphatic heterocycles. The average Bonchev–Trinajstić information content (AvgIpc) is 3.16. The monoisotopic (exact) mass is 397 g/mol. The van der Waals surface area contributed by atoms with Crippen LogP contribution in [0.5, 0.6) is 0 Å². The predicted molar refractivity (Wildman–Crippen MR) is 105 cm³/mol. The number of hydrogen-bond donors (Lipinski definition) is 1. The third-order valence-electron chi connectivity index (χ3n) is 4.83. The van der Waals surface area contributed by atoms with E-state index in [1.807, 2.05) is 19.1 Å². The molecule has 1 aromatic heterocycles. The zero-order valence-electron chi connectivity index (χ0n) is 15.4. The molecule has 8 heteroatoms. The number of fused-ring (bicyclic) bond motifs is 1. The van der Waals surface area contributed by atoms with Gasteiger partial charge in [-0.15, -0.1) is 5.10 Å². The summed E-state index contributed by atoms with van der Waals surface area (Å²) in [5, 5.41) is 14.8. The number of hydrogen-bond acceptors (Lipinski definition) is 5. The van der Waals surface area contributed by atoms with E-state index in [1.54, 1.807) is 12.1 Å². The van der Waals surface area contributed by atoms with Gasteiger partial charge in [0.2, 0.25) is 11.1 Å². The van der Waals surface area contributed by atoms with Gasteiger partial charge in [0.05, 0.1) is 17.0 Å². The molecule has 3 aromatic rings. The molecule has 0 unspecified atom stereocenters. The first-order chi connectivity index (χ1) is 13.6. The van der Waals surface area contributed by atoms with Crippen LogP contribution in [0.15, 0.2) is 53.7 Å². The number of amides is 1. The Hall–Kier alpha value is -2.74. The number of aryl methyl sites for hydroxylation is 1. The van der Waals surface area contributed by atoms with Crippen LogP contribution in [0.4, 0.5) is 4.39 Å². The van der Waals surface area contributed by atoms with Gasteiger partial charge in [-0.2, -0.15) is 4.68 Å². The average molecular weight is 397 g/mol. The van der Waals surface area contributed by atoms with E-state index in [-0.39, 0.29) is 17.8 Å². The Morgan fingerprint density at radius 1 is 1.29 bits per heavy atom. The van der Waals surface area contributed by atoms with E-state index in [2.05, 4.69) is 33.0 Å². The summed E-state index contributed by atoms with van der Waals surface area (Å²) < 4.78 is 14.9. The summed E-state index contributed by atoms with van der Waals surface area (Å²) in [6, 6.07) is 14.3. The number of halogens is 1. The maximum Gasteiger partial charge on any atom is 0.233 e. The standard InChI is InChI=1S/C20H20FN5OS/c1-13(19(27)22-18-11-4-7-14-6-2-3-10-17(14)18)28-20-23-24-25-26(20)16-9-5-8-15(21)12-16/h2-3,5-6,8-10,12-13,18H,4,7,11H2,1H3,(H,22,27)/t13-,18-/m1/s1. The number of thioether (sulfide) groups is 1. The Balaban J connectivity index is 1.46. The number of carbonyl (C=O) groups is 1. The fraction of sp³-hybridized carbons (Fsp3) is 0.300. The highest BCUT2D eigenvalue weighted by atomic mass is 32.2. The first-order valence-electron chi connectivity index (χ1n) is 9.21. The van der Waals surface area contributed by atoms with Crippen molar-refractivity contribution in [3.8, 4) is 5.69 Å². The highest BCUT2D eigenvalue weighted by Crippen LogP contribution is 2.30. The zero-order chi connectivity index (χ0) is 19.5. The number of nitrogens with one attached hydrogen (secondary N) is 1. The van der Waals surface area contributed by atoms with E-state index in [0.717, 1.165) is 19.3 Å². The molecule has 0 saturated heterocycles. The predicted octanol–water partition coefficient (Wildman–Crippen LogP) is 3.48. The molecule has 1 amide bonds. The largest absolute Gasteiger partial charge is 0.348 e. The first-order valence-corrected chi connectivity index (χ1v) is 10.1. The molecule has 1 N–H and O–H groups in total. The van der Waals surface area contributed by atoms with Crippen LogP contribution in [0.2, 0.25) is 0 Å². The molecule has 28 heavy (non-hydrogen) atoms. The van der Waals surface area contributed by atoms with Crippen molar-refractivity contribution < 1.29 is 9.18 Å². The Labute approximate surface area is 166 Å². The van der Waals surface area contributed by atoms with Gasteiger partial charge in [0.25, 0.3) is 0 Å². The lowest BCUT2D eigenvalue weighted by Crippen LogP contribution is -2.36. The summed E-state index contributed by atoms with van der Waals surface area (Å²) in [6.07, 6.45) is 3.04. The fourth-order valence-electron chi connectivity index (χ4n) is 3.43. The minimum atomic E-state index is -0.396. The van der Waals surface area contributed by atoms with Crippen LogP contribution < -0.4 is 5.32 Å². The van der Waals surface area contributed by atoms with Gasteiger partial charge in [-0.3, -0.25) is 4.79 Å². The van der Waals surface area contributed by atoms with Crippen molar-refractivity contribution in [2.24, 2.45) is 0 Å². The van der Waals surface area contributed by atoms with E-state index in [4.69, 9.17) is 0 Å². The fourth-order valence-corrected chi connectivity index (χ4v) is 4.24. The molecule has 0 saturated carbocycles. The van der Waals surface area contributed by atoms with E-state index in [9.17, 15) is 9.18 Å². The van der Waals surface area contributed by atoms with Crippen LogP contribution in [0.25, 0.3) is 5.69 Å². The van der Waals surface area contributed by atoms with Crippen molar-refractivity contribution in [2.45, 2.75) is 42.6 Å². The van der Waals surface area contributed by atoms with E-state index in [1.165, 1.54) is 39.7 Å². The van der Waals surface area contributed by atoms with Gasteiger partial charge in [0.1, 0.15) is 5.82 Å². The lowest BCUT2D eigenvalue weighted by molar-refractivity contribution is -0.121. The van der Waals surface area contributed by atoms with Gasteiger partial charge in [-0.05, 0) is 65.9 Å². The summed E-state index contributed by atoms with van der Waals surface area (Å²) in [4.78, 5) is 12.8. The van der Waals surface area contributed by atoms with Crippen LogP contribution in [0.1, 0.15) is 36.9 Å². The minimum absolute atomic E-state index is 0.0275. The molecule has 4 rings (SSSR count). The van der Waals surface area contributed by atoms with Crippen LogP contribution in [-0.4, -0.2) is 31.4 Å². The molecule has 2 atom stereocenters. The number of carbonyl (C=O) groups excluding carboxylic acids is 1. The van der Waals surface area contributed by atoms with Gasteiger partial charge >= 0.3 is 0 Å². The van der Waals surface area contributed by atoms with Gasteiger partial charge < -0.3 is 5.32 Å². The Kier molecular flexibility index (Phi) is 5.38. The second kappa shape index (κ2) is 8.10. The summed E-state index contributed by atoms with van der Waals surface area (Å²) in [7, 11) is 0. The number of nitrogens with zero attached hydrogens (tertiary/aromatic N) is 4. The van der Waals surface area contributed by atoms with Crippen molar-refractivity contribution in [3.63, 3.8) is 0 Å². The van der Waals surface area contributed by atoms with Crippen molar-refractivity contribution in [1.29, 1.82) is 0 Å². The van der Waals surface area contributed by atoms with Crippen molar-refractivity contribution in [3.05, 3.63) is 65.5 Å². The Bertz CT molecular complexity index is 992. The molecule has 0 bridgehead atoms. The maximum absolute atomic E-state index is 13.5. The van der Waals surface area contributed by atoms with Crippen molar-refractivity contribution in [1.82, 2.24) is 25.5 Å². The topological polar surface area (TPSA) is 72.7 Å². The van der Waals surface area contributed by atoms with E-state index in [0.29, 0.717) is 10.8 Å². The smallest absolute Gasteiger partial charge is 0.233 e. The minimum Gasteiger partial charge on any atom is -0.348 e. The first kappa shape index (κ1) is 18.6. The van der Waals surface area contributed by atoms with Crippen LogP contribution in [0, 0.1) is 5.82 Å². The molecule has 2 aromatic carbocycles. The number of rotatable bonds is 5. The second-order valence-electron chi connectivity index (χ2n) is 6.77. The SMILES string of the molecule is C[C@@H](Sc1nnnn1-c1cccc(F)c1)C(=O)N[C@@H]1CCCc2ccccc21. The molecule has 6 nitrogen and oxygen atoms in total. The molecule has 0 fully saturated rings. The lowest BCUT2D eigenvalue weighted by Gasteiger charge is -2.27. The summed E-state index contributed by atoms with van der Waals surface area (Å²) in [5.41, 5.74) is 3.01. The van der Waals surface area contributed by atoms with Gasteiger partial charge in [-0.25, -0.2) is 4.39 Å². The normalized spacial score (nSPS) is 17.0.